The minimum absolute atomic E-state index is 0.363. The summed E-state index contributed by atoms with van der Waals surface area (Å²) in [6.07, 6.45) is 0.940. The second-order valence-corrected chi connectivity index (χ2v) is 4.41. The summed E-state index contributed by atoms with van der Waals surface area (Å²) in [5.74, 6) is 3.09. The summed E-state index contributed by atoms with van der Waals surface area (Å²) in [5, 5.41) is 0. The van der Waals surface area contributed by atoms with Gasteiger partial charge >= 0.3 is 0 Å². The van der Waals surface area contributed by atoms with Crippen LogP contribution in [0.15, 0.2) is 40.8 Å². The van der Waals surface area contributed by atoms with Crippen LogP contribution in [0.5, 0.6) is 5.75 Å². The zero-order valence-electron chi connectivity index (χ0n) is 10.8. The molecule has 0 bridgehead atoms. The number of hydrogen-bond donors (Lipinski definition) is 1. The van der Waals surface area contributed by atoms with Gasteiger partial charge in [-0.05, 0) is 49.4 Å². The number of ether oxygens (including phenoxy) is 1. The fourth-order valence-electron chi connectivity index (χ4n) is 1.92. The van der Waals surface area contributed by atoms with E-state index in [0.29, 0.717) is 12.5 Å². The van der Waals surface area contributed by atoms with Crippen LogP contribution in [0, 0.1) is 0 Å². The van der Waals surface area contributed by atoms with Crippen LogP contribution < -0.4 is 10.5 Å². The van der Waals surface area contributed by atoms with Crippen LogP contribution in [-0.2, 0) is 0 Å². The number of benzene rings is 1. The first-order valence-corrected chi connectivity index (χ1v) is 6.19. The summed E-state index contributed by atoms with van der Waals surface area (Å²) in [7, 11) is 1.66. The van der Waals surface area contributed by atoms with Gasteiger partial charge in [-0.15, -0.1) is 0 Å². The van der Waals surface area contributed by atoms with Crippen LogP contribution in [0.2, 0.25) is 0 Å². The van der Waals surface area contributed by atoms with Crippen molar-refractivity contribution in [2.75, 3.05) is 13.7 Å². The van der Waals surface area contributed by atoms with E-state index in [2.05, 4.69) is 6.92 Å². The molecule has 2 aromatic rings. The number of rotatable bonds is 5. The van der Waals surface area contributed by atoms with Gasteiger partial charge in [-0.2, -0.15) is 0 Å². The molecule has 1 atom stereocenters. The molecule has 18 heavy (non-hydrogen) atoms. The lowest BCUT2D eigenvalue weighted by Gasteiger charge is -2.06. The summed E-state index contributed by atoms with van der Waals surface area (Å²) < 4.78 is 11.0. The van der Waals surface area contributed by atoms with Gasteiger partial charge in [0, 0.05) is 11.5 Å². The van der Waals surface area contributed by atoms with E-state index in [1.54, 1.807) is 7.11 Å². The molecule has 0 aliphatic rings. The zero-order chi connectivity index (χ0) is 13.0. The average molecular weight is 245 g/mol. The van der Waals surface area contributed by atoms with E-state index < -0.39 is 0 Å². The maximum absolute atomic E-state index is 5.86. The number of hydrogen-bond acceptors (Lipinski definition) is 3. The van der Waals surface area contributed by atoms with Gasteiger partial charge in [-0.25, -0.2) is 0 Å². The van der Waals surface area contributed by atoms with Crippen LogP contribution >= 0.6 is 0 Å². The molecule has 0 spiro atoms. The Morgan fingerprint density at radius 3 is 2.50 bits per heavy atom. The van der Waals surface area contributed by atoms with Crippen molar-refractivity contribution in [2.24, 2.45) is 5.73 Å². The van der Waals surface area contributed by atoms with Gasteiger partial charge in [0.1, 0.15) is 17.3 Å². The molecule has 1 unspecified atom stereocenters. The largest absolute Gasteiger partial charge is 0.497 e. The van der Waals surface area contributed by atoms with Crippen LogP contribution in [0.25, 0.3) is 11.3 Å². The molecule has 0 saturated heterocycles. The molecule has 1 heterocycles. The molecule has 3 heteroatoms. The molecule has 1 aromatic carbocycles. The van der Waals surface area contributed by atoms with Crippen LogP contribution in [0.1, 0.15) is 25.0 Å². The van der Waals surface area contributed by atoms with Gasteiger partial charge in [-0.1, -0.05) is 6.92 Å². The van der Waals surface area contributed by atoms with Crippen molar-refractivity contribution in [3.05, 3.63) is 42.2 Å². The third-order valence-electron chi connectivity index (χ3n) is 3.09. The highest BCUT2D eigenvalue weighted by Gasteiger charge is 2.10. The first-order chi connectivity index (χ1) is 8.74. The SMILES string of the molecule is COc1ccc(-c2ccc(C(C)CCN)o2)cc1. The van der Waals surface area contributed by atoms with Crippen molar-refractivity contribution in [1.29, 1.82) is 0 Å². The fourth-order valence-corrected chi connectivity index (χ4v) is 1.92. The van der Waals surface area contributed by atoms with Gasteiger partial charge in [-0.3, -0.25) is 0 Å². The maximum Gasteiger partial charge on any atom is 0.134 e. The monoisotopic (exact) mass is 245 g/mol. The number of nitrogens with two attached hydrogens (primary N) is 1. The molecule has 2 N–H and O–H groups in total. The minimum atomic E-state index is 0.363. The fraction of sp³-hybridized carbons (Fsp3) is 0.333. The van der Waals surface area contributed by atoms with Crippen molar-refractivity contribution >= 4 is 0 Å². The van der Waals surface area contributed by atoms with E-state index in [9.17, 15) is 0 Å². The van der Waals surface area contributed by atoms with Crippen molar-refractivity contribution in [3.8, 4) is 17.1 Å². The Balaban J connectivity index is 2.18. The summed E-state index contributed by atoms with van der Waals surface area (Å²) >= 11 is 0. The number of methoxy groups -OCH3 is 1. The summed E-state index contributed by atoms with van der Waals surface area (Å²) in [4.78, 5) is 0. The maximum atomic E-state index is 5.86. The average Bonchev–Trinajstić information content (AvgIpc) is 2.89. The summed E-state index contributed by atoms with van der Waals surface area (Å²) in [6, 6.07) is 11.9. The van der Waals surface area contributed by atoms with Crippen molar-refractivity contribution in [1.82, 2.24) is 0 Å². The van der Waals surface area contributed by atoms with Gasteiger partial charge < -0.3 is 14.9 Å². The van der Waals surface area contributed by atoms with E-state index in [0.717, 1.165) is 29.3 Å². The Labute approximate surface area is 108 Å². The highest BCUT2D eigenvalue weighted by atomic mass is 16.5. The van der Waals surface area contributed by atoms with Gasteiger partial charge in [0.25, 0.3) is 0 Å². The molecule has 0 fully saturated rings. The molecule has 0 aliphatic heterocycles. The predicted molar refractivity (Wildman–Crippen MR) is 72.8 cm³/mol. The normalized spacial score (nSPS) is 12.4. The lowest BCUT2D eigenvalue weighted by atomic mass is 10.1. The smallest absolute Gasteiger partial charge is 0.134 e. The van der Waals surface area contributed by atoms with Crippen LogP contribution in [0.4, 0.5) is 0 Å². The second-order valence-electron chi connectivity index (χ2n) is 4.41. The third kappa shape index (κ3) is 2.74. The molecule has 1 aromatic heterocycles. The van der Waals surface area contributed by atoms with E-state index in [1.165, 1.54) is 0 Å². The van der Waals surface area contributed by atoms with Crippen molar-refractivity contribution in [2.45, 2.75) is 19.3 Å². The van der Waals surface area contributed by atoms with E-state index in [4.69, 9.17) is 14.9 Å². The molecular formula is C15H19NO2. The van der Waals surface area contributed by atoms with E-state index >= 15 is 0 Å². The molecule has 0 amide bonds. The molecule has 0 radical (unpaired) electrons. The molecule has 0 aliphatic carbocycles. The Morgan fingerprint density at radius 1 is 1.17 bits per heavy atom. The third-order valence-corrected chi connectivity index (χ3v) is 3.09. The molecule has 2 rings (SSSR count). The van der Waals surface area contributed by atoms with Crippen LogP contribution in [-0.4, -0.2) is 13.7 Å². The molecule has 3 nitrogen and oxygen atoms in total. The summed E-state index contributed by atoms with van der Waals surface area (Å²) in [5.41, 5.74) is 6.62. The predicted octanol–water partition coefficient (Wildman–Crippen LogP) is 3.41. The zero-order valence-corrected chi connectivity index (χ0v) is 10.8. The first kappa shape index (κ1) is 12.7. The van der Waals surface area contributed by atoms with Crippen molar-refractivity contribution < 1.29 is 9.15 Å². The molecule has 96 valence electrons. The standard InChI is InChI=1S/C15H19NO2/c1-11(9-10-16)14-7-8-15(18-14)12-3-5-13(17-2)6-4-12/h3-8,11H,9-10,16H2,1-2H3. The van der Waals surface area contributed by atoms with Gasteiger partial charge in [0.15, 0.2) is 0 Å². The van der Waals surface area contributed by atoms with Crippen molar-refractivity contribution in [3.63, 3.8) is 0 Å². The topological polar surface area (TPSA) is 48.4 Å². The van der Waals surface area contributed by atoms with Gasteiger partial charge in [0.05, 0.1) is 7.11 Å². The molecule has 0 saturated carbocycles. The molecular weight excluding hydrogens is 226 g/mol. The number of furan rings is 1. The minimum Gasteiger partial charge on any atom is -0.497 e. The highest BCUT2D eigenvalue weighted by Crippen LogP contribution is 2.28. The Morgan fingerprint density at radius 2 is 1.89 bits per heavy atom. The lowest BCUT2D eigenvalue weighted by molar-refractivity contribution is 0.415. The highest BCUT2D eigenvalue weighted by molar-refractivity contribution is 5.58. The Bertz CT molecular complexity index is 487. The Hall–Kier alpha value is -1.74. The van der Waals surface area contributed by atoms with Crippen LogP contribution in [0.3, 0.4) is 0 Å². The lowest BCUT2D eigenvalue weighted by Crippen LogP contribution is -2.03. The summed E-state index contributed by atoms with van der Waals surface area (Å²) in [6.45, 7) is 2.81. The Kier molecular flexibility index (Phi) is 4.05. The van der Waals surface area contributed by atoms with E-state index in [1.807, 2.05) is 36.4 Å². The quantitative estimate of drug-likeness (QED) is 0.878. The van der Waals surface area contributed by atoms with Gasteiger partial charge in [0.2, 0.25) is 0 Å². The first-order valence-electron chi connectivity index (χ1n) is 6.19. The second kappa shape index (κ2) is 5.74. The van der Waals surface area contributed by atoms with E-state index in [-0.39, 0.29) is 0 Å².